The number of amides is 2. The number of nitrogens with two attached hydrogens (primary N) is 1. The molecule has 0 aliphatic carbocycles. The van der Waals surface area contributed by atoms with Gasteiger partial charge in [-0.15, -0.1) is 11.3 Å². The van der Waals surface area contributed by atoms with Gasteiger partial charge in [0.25, 0.3) is 11.8 Å². The zero-order valence-corrected chi connectivity index (χ0v) is 17.0. The van der Waals surface area contributed by atoms with Crippen molar-refractivity contribution in [2.24, 2.45) is 5.73 Å². The lowest BCUT2D eigenvalue weighted by Crippen LogP contribution is -2.17. The van der Waals surface area contributed by atoms with Crippen LogP contribution in [0.1, 0.15) is 31.2 Å². The summed E-state index contributed by atoms with van der Waals surface area (Å²) in [5, 5.41) is 3.24. The van der Waals surface area contributed by atoms with Gasteiger partial charge in [-0.3, -0.25) is 9.59 Å². The van der Waals surface area contributed by atoms with Gasteiger partial charge in [0.05, 0.1) is 5.56 Å². The average molecular weight is 410 g/mol. The molecule has 150 valence electrons. The van der Waals surface area contributed by atoms with Gasteiger partial charge in [0, 0.05) is 10.4 Å². The topological polar surface area (TPSA) is 90.7 Å². The molecule has 0 saturated carbocycles. The molecule has 7 heteroatoms. The molecular weight excluding hydrogens is 388 g/mol. The van der Waals surface area contributed by atoms with Gasteiger partial charge in [-0.25, -0.2) is 0 Å². The lowest BCUT2D eigenvalue weighted by molar-refractivity contribution is 0.100. The monoisotopic (exact) mass is 410 g/mol. The Labute approximate surface area is 173 Å². The first-order valence-electron chi connectivity index (χ1n) is 9.07. The van der Waals surface area contributed by atoms with E-state index >= 15 is 0 Å². The van der Waals surface area contributed by atoms with E-state index in [9.17, 15) is 9.59 Å². The van der Waals surface area contributed by atoms with Crippen LogP contribution in [-0.2, 0) is 0 Å². The zero-order valence-electron chi connectivity index (χ0n) is 16.2. The fourth-order valence-corrected chi connectivity index (χ4v) is 3.81. The molecule has 3 N–H and O–H groups in total. The molecule has 0 spiro atoms. The highest BCUT2D eigenvalue weighted by atomic mass is 32.1. The Morgan fingerprint density at radius 1 is 0.966 bits per heavy atom. The molecule has 3 aromatic rings. The Bertz CT molecular complexity index is 1010. The Kier molecular flexibility index (Phi) is 6.51. The fraction of sp³-hybridized carbons (Fsp3) is 0.182. The number of carbonyl (C=O) groups is 2. The van der Waals surface area contributed by atoms with E-state index in [1.165, 1.54) is 11.3 Å². The number of benzene rings is 2. The van der Waals surface area contributed by atoms with Crippen molar-refractivity contribution in [1.29, 1.82) is 0 Å². The van der Waals surface area contributed by atoms with Gasteiger partial charge in [-0.1, -0.05) is 24.3 Å². The molecule has 0 saturated heterocycles. The Balaban J connectivity index is 1.61. The molecule has 2 amide bonds. The van der Waals surface area contributed by atoms with Crippen LogP contribution >= 0.6 is 11.3 Å². The predicted octanol–water partition coefficient (Wildman–Crippen LogP) is 4.17. The number of hydrogen-bond donors (Lipinski definition) is 2. The molecule has 6 nitrogen and oxygen atoms in total. The molecular formula is C22H22N2O4S. The molecule has 0 unspecified atom stereocenters. The highest BCUT2D eigenvalue weighted by molar-refractivity contribution is 7.16. The van der Waals surface area contributed by atoms with Crippen LogP contribution in [0.15, 0.2) is 54.6 Å². The first-order valence-corrected chi connectivity index (χ1v) is 9.89. The summed E-state index contributed by atoms with van der Waals surface area (Å²) in [6, 6.07) is 16.3. The van der Waals surface area contributed by atoms with Crippen LogP contribution in [-0.4, -0.2) is 25.0 Å². The number of hydrogen-bond acceptors (Lipinski definition) is 5. The summed E-state index contributed by atoms with van der Waals surface area (Å²) in [4.78, 5) is 25.3. The van der Waals surface area contributed by atoms with Gasteiger partial charge in [0.15, 0.2) is 0 Å². The molecule has 0 atom stereocenters. The van der Waals surface area contributed by atoms with Crippen LogP contribution in [0, 0.1) is 13.8 Å². The second-order valence-corrected chi connectivity index (χ2v) is 7.57. The Morgan fingerprint density at radius 3 is 2.31 bits per heavy atom. The number of primary amides is 1. The minimum absolute atomic E-state index is 0.334. The van der Waals surface area contributed by atoms with Gasteiger partial charge in [-0.05, 0) is 49.7 Å². The summed E-state index contributed by atoms with van der Waals surface area (Å²) < 4.78 is 11.3. The third-order valence-corrected chi connectivity index (χ3v) is 5.44. The summed E-state index contributed by atoms with van der Waals surface area (Å²) >= 11 is 1.33. The minimum Gasteiger partial charge on any atom is -0.490 e. The number of para-hydroxylation sites is 1. The smallest absolute Gasteiger partial charge is 0.256 e. The maximum atomic E-state index is 12.6. The third kappa shape index (κ3) is 5.14. The van der Waals surface area contributed by atoms with Crippen molar-refractivity contribution in [3.63, 3.8) is 0 Å². The second-order valence-electron chi connectivity index (χ2n) is 6.34. The summed E-state index contributed by atoms with van der Waals surface area (Å²) in [6.45, 7) is 4.42. The van der Waals surface area contributed by atoms with Crippen molar-refractivity contribution < 1.29 is 19.1 Å². The number of ether oxygens (including phenoxy) is 2. The van der Waals surface area contributed by atoms with Gasteiger partial charge in [0.1, 0.15) is 29.7 Å². The molecule has 0 aliphatic rings. The fourth-order valence-electron chi connectivity index (χ4n) is 2.75. The van der Waals surface area contributed by atoms with E-state index in [1.54, 1.807) is 24.3 Å². The first kappa shape index (κ1) is 20.4. The van der Waals surface area contributed by atoms with Crippen molar-refractivity contribution in [3.05, 3.63) is 76.2 Å². The summed E-state index contributed by atoms with van der Waals surface area (Å²) in [5.41, 5.74) is 7.02. The number of nitrogens with one attached hydrogen (secondary N) is 1. The third-order valence-electron chi connectivity index (χ3n) is 4.32. The molecule has 0 radical (unpaired) electrons. The Morgan fingerprint density at radius 2 is 1.62 bits per heavy atom. The van der Waals surface area contributed by atoms with Crippen molar-refractivity contribution >= 4 is 28.2 Å². The SMILES string of the molecule is Cc1sc(NC(=O)c2cccc(OCCOc3ccccc3)c2)c(C(N)=O)c1C. The van der Waals surface area contributed by atoms with Gasteiger partial charge in [0.2, 0.25) is 0 Å². The van der Waals surface area contributed by atoms with Crippen LogP contribution in [0.3, 0.4) is 0 Å². The van der Waals surface area contributed by atoms with E-state index in [2.05, 4.69) is 5.32 Å². The van der Waals surface area contributed by atoms with Crippen molar-refractivity contribution in [2.75, 3.05) is 18.5 Å². The van der Waals surface area contributed by atoms with Crippen molar-refractivity contribution in [1.82, 2.24) is 0 Å². The quantitative estimate of drug-likeness (QED) is 0.545. The van der Waals surface area contributed by atoms with E-state index in [1.807, 2.05) is 44.2 Å². The van der Waals surface area contributed by atoms with Crippen LogP contribution in [0.2, 0.25) is 0 Å². The molecule has 1 heterocycles. The van der Waals surface area contributed by atoms with Crippen LogP contribution in [0.5, 0.6) is 11.5 Å². The second kappa shape index (κ2) is 9.25. The highest BCUT2D eigenvalue weighted by Crippen LogP contribution is 2.32. The van der Waals surface area contributed by atoms with Crippen molar-refractivity contribution in [3.8, 4) is 11.5 Å². The maximum Gasteiger partial charge on any atom is 0.256 e. The summed E-state index contributed by atoms with van der Waals surface area (Å²) in [6.07, 6.45) is 0. The molecule has 2 aromatic carbocycles. The lowest BCUT2D eigenvalue weighted by atomic mass is 10.1. The molecule has 0 fully saturated rings. The predicted molar refractivity (Wildman–Crippen MR) is 114 cm³/mol. The molecule has 29 heavy (non-hydrogen) atoms. The number of anilines is 1. The van der Waals surface area contributed by atoms with E-state index in [0.717, 1.165) is 16.2 Å². The summed E-state index contributed by atoms with van der Waals surface area (Å²) in [7, 11) is 0. The highest BCUT2D eigenvalue weighted by Gasteiger charge is 2.19. The number of aryl methyl sites for hydroxylation is 1. The van der Waals surface area contributed by atoms with Crippen molar-refractivity contribution in [2.45, 2.75) is 13.8 Å². The molecule has 1 aromatic heterocycles. The van der Waals surface area contributed by atoms with Crippen LogP contribution < -0.4 is 20.5 Å². The van der Waals surface area contributed by atoms with E-state index in [-0.39, 0.29) is 5.91 Å². The lowest BCUT2D eigenvalue weighted by Gasteiger charge is -2.10. The maximum absolute atomic E-state index is 12.6. The Hall–Kier alpha value is -3.32. The number of carbonyl (C=O) groups excluding carboxylic acids is 2. The normalized spacial score (nSPS) is 10.4. The van der Waals surface area contributed by atoms with Gasteiger partial charge in [-0.2, -0.15) is 0 Å². The van der Waals surface area contributed by atoms with Crippen LogP contribution in [0.25, 0.3) is 0 Å². The molecule has 0 bridgehead atoms. The molecule has 0 aliphatic heterocycles. The average Bonchev–Trinajstić information content (AvgIpc) is 2.99. The van der Waals surface area contributed by atoms with E-state index in [4.69, 9.17) is 15.2 Å². The molecule has 3 rings (SSSR count). The minimum atomic E-state index is -0.558. The van der Waals surface area contributed by atoms with Gasteiger partial charge >= 0.3 is 0 Å². The van der Waals surface area contributed by atoms with Crippen LogP contribution in [0.4, 0.5) is 5.00 Å². The number of thiophene rings is 1. The summed E-state index contributed by atoms with van der Waals surface area (Å²) in [5.74, 6) is 0.441. The zero-order chi connectivity index (χ0) is 20.8. The standard InChI is InChI=1S/C22H22N2O4S/c1-14-15(2)29-22(19(14)20(23)25)24-21(26)16-7-6-10-18(13-16)28-12-11-27-17-8-4-3-5-9-17/h3-10,13H,11-12H2,1-2H3,(H2,23,25)(H,24,26). The van der Waals surface area contributed by atoms with E-state index in [0.29, 0.717) is 35.1 Å². The van der Waals surface area contributed by atoms with Gasteiger partial charge < -0.3 is 20.5 Å². The van der Waals surface area contributed by atoms with E-state index < -0.39 is 5.91 Å². The first-order chi connectivity index (χ1) is 14.0. The number of rotatable bonds is 8. The largest absolute Gasteiger partial charge is 0.490 e.